The highest BCUT2D eigenvalue weighted by Gasteiger charge is 2.37. The average molecular weight is 395 g/mol. The SMILES string of the molecule is CC(C)(C)OC(=O)N1CCC(C(=O)N2Cc3cccc(Br)c3C2)C1. The molecule has 2 aliphatic heterocycles. The van der Waals surface area contributed by atoms with Crippen molar-refractivity contribution in [3.8, 4) is 0 Å². The molecule has 5 nitrogen and oxygen atoms in total. The molecule has 3 rings (SSSR count). The summed E-state index contributed by atoms with van der Waals surface area (Å²) < 4.78 is 6.45. The van der Waals surface area contributed by atoms with Crippen molar-refractivity contribution in [2.24, 2.45) is 5.92 Å². The topological polar surface area (TPSA) is 49.9 Å². The van der Waals surface area contributed by atoms with E-state index >= 15 is 0 Å². The van der Waals surface area contributed by atoms with Crippen LogP contribution < -0.4 is 0 Å². The van der Waals surface area contributed by atoms with Crippen LogP contribution in [0.2, 0.25) is 0 Å². The fourth-order valence-corrected chi connectivity index (χ4v) is 3.78. The Kier molecular flexibility index (Phi) is 4.60. The van der Waals surface area contributed by atoms with Crippen molar-refractivity contribution in [2.75, 3.05) is 13.1 Å². The number of carbonyl (C=O) groups is 2. The van der Waals surface area contributed by atoms with E-state index in [1.54, 1.807) is 4.90 Å². The summed E-state index contributed by atoms with van der Waals surface area (Å²) in [7, 11) is 0. The molecule has 2 amide bonds. The van der Waals surface area contributed by atoms with Crippen LogP contribution in [0.4, 0.5) is 4.79 Å². The van der Waals surface area contributed by atoms with E-state index in [-0.39, 0.29) is 17.9 Å². The van der Waals surface area contributed by atoms with Crippen LogP contribution >= 0.6 is 15.9 Å². The minimum absolute atomic E-state index is 0.129. The molecule has 1 fully saturated rings. The van der Waals surface area contributed by atoms with E-state index in [4.69, 9.17) is 4.74 Å². The van der Waals surface area contributed by atoms with Gasteiger partial charge < -0.3 is 14.5 Å². The molecule has 0 aliphatic carbocycles. The Morgan fingerprint density at radius 2 is 1.96 bits per heavy atom. The molecular weight excluding hydrogens is 372 g/mol. The monoisotopic (exact) mass is 394 g/mol. The third kappa shape index (κ3) is 3.58. The maximum absolute atomic E-state index is 12.8. The Bertz CT molecular complexity index is 669. The summed E-state index contributed by atoms with van der Waals surface area (Å²) in [5.41, 5.74) is 1.87. The van der Waals surface area contributed by atoms with E-state index in [9.17, 15) is 9.59 Å². The van der Waals surface area contributed by atoms with Gasteiger partial charge in [0.05, 0.1) is 5.92 Å². The third-order valence-corrected chi connectivity index (χ3v) is 5.17. The zero-order chi connectivity index (χ0) is 17.5. The predicted octanol–water partition coefficient (Wildman–Crippen LogP) is 3.55. The summed E-state index contributed by atoms with van der Waals surface area (Å²) in [5, 5.41) is 0. The van der Waals surface area contributed by atoms with E-state index in [0.29, 0.717) is 32.6 Å². The lowest BCUT2D eigenvalue weighted by atomic mass is 10.1. The van der Waals surface area contributed by atoms with Gasteiger partial charge in [0.15, 0.2) is 0 Å². The van der Waals surface area contributed by atoms with Crippen LogP contribution in [0.5, 0.6) is 0 Å². The molecular formula is C18H23BrN2O3. The normalized spacial score (nSPS) is 20.2. The molecule has 1 atom stereocenters. The standard InChI is InChI=1S/C18H23BrN2O3/c1-18(2,3)24-17(23)20-8-7-13(10-20)16(22)21-9-12-5-4-6-15(19)14(12)11-21/h4-6,13H,7-11H2,1-3H3. The first-order chi connectivity index (χ1) is 11.2. The predicted molar refractivity (Wildman–Crippen MR) is 94.3 cm³/mol. The number of fused-ring (bicyclic) bond motifs is 1. The molecule has 0 radical (unpaired) electrons. The maximum atomic E-state index is 12.8. The number of halogens is 1. The molecule has 2 heterocycles. The van der Waals surface area contributed by atoms with E-state index in [0.717, 1.165) is 4.47 Å². The maximum Gasteiger partial charge on any atom is 0.410 e. The van der Waals surface area contributed by atoms with Crippen LogP contribution in [0, 0.1) is 5.92 Å². The highest BCUT2D eigenvalue weighted by molar-refractivity contribution is 9.10. The number of ether oxygens (including phenoxy) is 1. The number of amides is 2. The fourth-order valence-electron chi connectivity index (χ4n) is 3.25. The van der Waals surface area contributed by atoms with Crippen LogP contribution in [0.3, 0.4) is 0 Å². The first-order valence-corrected chi connectivity index (χ1v) is 9.07. The van der Waals surface area contributed by atoms with E-state index in [1.807, 2.05) is 37.8 Å². The number of hydrogen-bond donors (Lipinski definition) is 0. The number of likely N-dealkylation sites (tertiary alicyclic amines) is 1. The number of rotatable bonds is 1. The van der Waals surface area contributed by atoms with Gasteiger partial charge in [0.25, 0.3) is 0 Å². The average Bonchev–Trinajstić information content (AvgIpc) is 3.12. The zero-order valence-electron chi connectivity index (χ0n) is 14.3. The number of hydrogen-bond acceptors (Lipinski definition) is 3. The van der Waals surface area contributed by atoms with E-state index in [1.165, 1.54) is 11.1 Å². The van der Waals surface area contributed by atoms with Gasteiger partial charge in [-0.1, -0.05) is 28.1 Å². The van der Waals surface area contributed by atoms with Gasteiger partial charge in [-0.15, -0.1) is 0 Å². The van der Waals surface area contributed by atoms with Gasteiger partial charge in [-0.3, -0.25) is 4.79 Å². The summed E-state index contributed by atoms with van der Waals surface area (Å²) in [4.78, 5) is 28.5. The Balaban J connectivity index is 1.60. The molecule has 130 valence electrons. The van der Waals surface area contributed by atoms with E-state index < -0.39 is 5.60 Å². The Hall–Kier alpha value is -1.56. The van der Waals surface area contributed by atoms with Crippen molar-refractivity contribution in [1.82, 2.24) is 9.80 Å². The molecule has 24 heavy (non-hydrogen) atoms. The Morgan fingerprint density at radius 1 is 1.21 bits per heavy atom. The van der Waals surface area contributed by atoms with Gasteiger partial charge in [0.1, 0.15) is 5.60 Å². The molecule has 2 aliphatic rings. The van der Waals surface area contributed by atoms with Crippen molar-refractivity contribution in [1.29, 1.82) is 0 Å². The third-order valence-electron chi connectivity index (χ3n) is 4.43. The Labute approximate surface area is 151 Å². The molecule has 1 unspecified atom stereocenters. The Morgan fingerprint density at radius 3 is 2.62 bits per heavy atom. The second-order valence-electron chi connectivity index (χ2n) is 7.48. The summed E-state index contributed by atoms with van der Waals surface area (Å²) in [6.07, 6.45) is 0.372. The molecule has 0 bridgehead atoms. The van der Waals surface area contributed by atoms with Crippen molar-refractivity contribution < 1.29 is 14.3 Å². The van der Waals surface area contributed by atoms with Crippen molar-refractivity contribution in [2.45, 2.75) is 45.9 Å². The highest BCUT2D eigenvalue weighted by Crippen LogP contribution is 2.31. The molecule has 0 aromatic heterocycles. The lowest BCUT2D eigenvalue weighted by Crippen LogP contribution is -2.37. The molecule has 6 heteroatoms. The van der Waals surface area contributed by atoms with Crippen LogP contribution in [0.1, 0.15) is 38.3 Å². The lowest BCUT2D eigenvalue weighted by molar-refractivity contribution is -0.135. The smallest absolute Gasteiger partial charge is 0.410 e. The summed E-state index contributed by atoms with van der Waals surface area (Å²) in [5.74, 6) is -0.00485. The summed E-state index contributed by atoms with van der Waals surface area (Å²) >= 11 is 3.56. The minimum atomic E-state index is -0.512. The van der Waals surface area contributed by atoms with Crippen molar-refractivity contribution in [3.63, 3.8) is 0 Å². The molecule has 1 aromatic rings. The second-order valence-corrected chi connectivity index (χ2v) is 8.34. The van der Waals surface area contributed by atoms with Crippen LogP contribution in [-0.4, -0.2) is 40.5 Å². The number of nitrogens with zero attached hydrogens (tertiary/aromatic N) is 2. The van der Waals surface area contributed by atoms with Crippen LogP contribution in [0.15, 0.2) is 22.7 Å². The first-order valence-electron chi connectivity index (χ1n) is 8.27. The molecule has 0 saturated carbocycles. The largest absolute Gasteiger partial charge is 0.444 e. The first kappa shape index (κ1) is 17.3. The fraction of sp³-hybridized carbons (Fsp3) is 0.556. The van der Waals surface area contributed by atoms with Crippen molar-refractivity contribution >= 4 is 27.9 Å². The molecule has 1 aromatic carbocycles. The van der Waals surface area contributed by atoms with Crippen LogP contribution in [0.25, 0.3) is 0 Å². The van der Waals surface area contributed by atoms with Gasteiger partial charge in [-0.25, -0.2) is 4.79 Å². The van der Waals surface area contributed by atoms with E-state index in [2.05, 4.69) is 22.0 Å². The summed E-state index contributed by atoms with van der Waals surface area (Å²) in [6, 6.07) is 6.07. The zero-order valence-corrected chi connectivity index (χ0v) is 15.9. The summed E-state index contributed by atoms with van der Waals surface area (Å²) in [6.45, 7) is 7.86. The van der Waals surface area contributed by atoms with Gasteiger partial charge in [-0.05, 0) is 44.4 Å². The van der Waals surface area contributed by atoms with Crippen LogP contribution in [-0.2, 0) is 22.6 Å². The molecule has 0 spiro atoms. The van der Waals surface area contributed by atoms with Gasteiger partial charge >= 0.3 is 6.09 Å². The minimum Gasteiger partial charge on any atom is -0.444 e. The molecule has 0 N–H and O–H groups in total. The van der Waals surface area contributed by atoms with Crippen molar-refractivity contribution in [3.05, 3.63) is 33.8 Å². The lowest BCUT2D eigenvalue weighted by Gasteiger charge is -2.25. The number of carbonyl (C=O) groups excluding carboxylic acids is 2. The number of benzene rings is 1. The van der Waals surface area contributed by atoms with Gasteiger partial charge in [-0.2, -0.15) is 0 Å². The quantitative estimate of drug-likeness (QED) is 0.731. The van der Waals surface area contributed by atoms with Gasteiger partial charge in [0, 0.05) is 30.7 Å². The highest BCUT2D eigenvalue weighted by atomic mass is 79.9. The second kappa shape index (κ2) is 6.39. The van der Waals surface area contributed by atoms with Gasteiger partial charge in [0.2, 0.25) is 5.91 Å². The molecule has 1 saturated heterocycles.